The van der Waals surface area contributed by atoms with Crippen LogP contribution < -0.4 is 10.5 Å². The number of furan rings is 1. The molecule has 0 aliphatic heterocycles. The predicted molar refractivity (Wildman–Crippen MR) is 65.4 cm³/mol. The zero-order chi connectivity index (χ0) is 13.2. The van der Waals surface area contributed by atoms with Gasteiger partial charge in [-0.3, -0.25) is 0 Å². The van der Waals surface area contributed by atoms with Crippen molar-refractivity contribution < 1.29 is 17.6 Å². The molecule has 1 aliphatic carbocycles. The van der Waals surface area contributed by atoms with Crippen molar-refractivity contribution in [1.29, 1.82) is 0 Å². The maximum Gasteiger partial charge on any atom is 0.274 e. The van der Waals surface area contributed by atoms with Gasteiger partial charge < -0.3 is 14.9 Å². The smallest absolute Gasteiger partial charge is 0.274 e. The van der Waals surface area contributed by atoms with Gasteiger partial charge in [0.25, 0.3) is 10.0 Å². The minimum atomic E-state index is -3.63. The summed E-state index contributed by atoms with van der Waals surface area (Å²) in [6.07, 6.45) is 2.54. The van der Waals surface area contributed by atoms with Gasteiger partial charge in [0, 0.05) is 13.2 Å². The van der Waals surface area contributed by atoms with E-state index in [9.17, 15) is 8.42 Å². The molecule has 3 N–H and O–H groups in total. The Labute approximate surface area is 107 Å². The third-order valence-corrected chi connectivity index (χ3v) is 4.53. The van der Waals surface area contributed by atoms with E-state index in [4.69, 9.17) is 14.9 Å². The number of nitrogens with two attached hydrogens (primary N) is 1. The Bertz CT molecular complexity index is 497. The average Bonchev–Trinajstić information content (AvgIpc) is 2.96. The molecule has 1 heterocycles. The lowest BCUT2D eigenvalue weighted by Crippen LogP contribution is -2.40. The molecule has 6 nitrogen and oxygen atoms in total. The Morgan fingerprint density at radius 3 is 2.89 bits per heavy atom. The molecule has 18 heavy (non-hydrogen) atoms. The molecule has 1 aliphatic rings. The molecule has 0 radical (unpaired) electrons. The van der Waals surface area contributed by atoms with Crippen LogP contribution in [0.3, 0.4) is 0 Å². The maximum absolute atomic E-state index is 12.1. The summed E-state index contributed by atoms with van der Waals surface area (Å²) in [4.78, 5) is 0. The van der Waals surface area contributed by atoms with E-state index in [0.29, 0.717) is 5.76 Å². The number of ether oxygens (including phenoxy) is 1. The molecule has 0 amide bonds. The van der Waals surface area contributed by atoms with Crippen molar-refractivity contribution in [2.24, 2.45) is 5.73 Å². The van der Waals surface area contributed by atoms with Gasteiger partial charge in [-0.15, -0.1) is 0 Å². The summed E-state index contributed by atoms with van der Waals surface area (Å²) in [5.41, 5.74) is 5.38. The van der Waals surface area contributed by atoms with Crippen LogP contribution in [0.1, 0.15) is 25.0 Å². The summed E-state index contributed by atoms with van der Waals surface area (Å²) in [6.45, 7) is 0.180. The van der Waals surface area contributed by atoms with Crippen LogP contribution in [0.2, 0.25) is 0 Å². The van der Waals surface area contributed by atoms with Gasteiger partial charge in [-0.05, 0) is 31.4 Å². The van der Waals surface area contributed by atoms with Gasteiger partial charge in [0.2, 0.25) is 5.09 Å². The lowest BCUT2D eigenvalue weighted by Gasteiger charge is -2.18. The zero-order valence-electron chi connectivity index (χ0n) is 10.3. The molecule has 1 saturated carbocycles. The Kier molecular flexibility index (Phi) is 4.06. The number of hydrogen-bond acceptors (Lipinski definition) is 5. The SMILES string of the molecule is COC1CCCC1NS(=O)(=O)c1ccc(CN)o1. The molecule has 2 rings (SSSR count). The van der Waals surface area contributed by atoms with E-state index < -0.39 is 10.0 Å². The standard InChI is InChI=1S/C11H18N2O4S/c1-16-10-4-2-3-9(10)13-18(14,15)11-6-5-8(7-12)17-11/h5-6,9-10,13H,2-4,7,12H2,1H3. The number of sulfonamides is 1. The van der Waals surface area contributed by atoms with Gasteiger partial charge in [0.05, 0.1) is 12.6 Å². The highest BCUT2D eigenvalue weighted by Gasteiger charge is 2.32. The van der Waals surface area contributed by atoms with Crippen LogP contribution in [0.25, 0.3) is 0 Å². The van der Waals surface area contributed by atoms with Crippen LogP contribution in [0.4, 0.5) is 0 Å². The minimum Gasteiger partial charge on any atom is -0.447 e. The first-order valence-corrected chi connectivity index (χ1v) is 7.39. The topological polar surface area (TPSA) is 94.6 Å². The van der Waals surface area contributed by atoms with E-state index in [1.807, 2.05) is 0 Å². The van der Waals surface area contributed by atoms with Crippen molar-refractivity contribution in [3.8, 4) is 0 Å². The first kappa shape index (κ1) is 13.5. The molecular weight excluding hydrogens is 256 g/mol. The largest absolute Gasteiger partial charge is 0.447 e. The van der Waals surface area contributed by atoms with Crippen molar-refractivity contribution in [3.05, 3.63) is 17.9 Å². The van der Waals surface area contributed by atoms with Crippen LogP contribution >= 0.6 is 0 Å². The molecule has 0 saturated heterocycles. The lowest BCUT2D eigenvalue weighted by atomic mass is 10.2. The number of nitrogens with one attached hydrogen (secondary N) is 1. The van der Waals surface area contributed by atoms with Crippen LogP contribution in [0.15, 0.2) is 21.6 Å². The summed E-state index contributed by atoms with van der Waals surface area (Å²) >= 11 is 0. The van der Waals surface area contributed by atoms with E-state index in [1.54, 1.807) is 13.2 Å². The summed E-state index contributed by atoms with van der Waals surface area (Å²) in [6, 6.07) is 2.80. The van der Waals surface area contributed by atoms with Crippen molar-refractivity contribution in [1.82, 2.24) is 4.72 Å². The van der Waals surface area contributed by atoms with E-state index in [2.05, 4.69) is 4.72 Å². The minimum absolute atomic E-state index is 0.0660. The third kappa shape index (κ3) is 2.74. The molecule has 2 unspecified atom stereocenters. The Balaban J connectivity index is 2.11. The van der Waals surface area contributed by atoms with Gasteiger partial charge in [-0.2, -0.15) is 0 Å². The van der Waals surface area contributed by atoms with Crippen LogP contribution in [0, 0.1) is 0 Å². The molecule has 102 valence electrons. The van der Waals surface area contributed by atoms with E-state index in [-0.39, 0.29) is 23.8 Å². The maximum atomic E-state index is 12.1. The molecule has 0 aromatic carbocycles. The van der Waals surface area contributed by atoms with Crippen LogP contribution in [-0.2, 0) is 21.3 Å². The fourth-order valence-corrected chi connectivity index (χ4v) is 3.46. The quantitative estimate of drug-likeness (QED) is 0.819. The fraction of sp³-hybridized carbons (Fsp3) is 0.636. The van der Waals surface area contributed by atoms with Crippen molar-refractivity contribution in [2.45, 2.75) is 43.0 Å². The van der Waals surface area contributed by atoms with E-state index >= 15 is 0 Å². The zero-order valence-corrected chi connectivity index (χ0v) is 11.1. The first-order valence-electron chi connectivity index (χ1n) is 5.90. The Morgan fingerprint density at radius 2 is 2.28 bits per heavy atom. The number of hydrogen-bond donors (Lipinski definition) is 2. The average molecular weight is 274 g/mol. The van der Waals surface area contributed by atoms with Crippen molar-refractivity contribution in [3.63, 3.8) is 0 Å². The lowest BCUT2D eigenvalue weighted by molar-refractivity contribution is 0.0915. The normalized spacial score (nSPS) is 24.6. The van der Waals surface area contributed by atoms with E-state index in [1.165, 1.54) is 6.07 Å². The highest BCUT2D eigenvalue weighted by Crippen LogP contribution is 2.24. The highest BCUT2D eigenvalue weighted by atomic mass is 32.2. The van der Waals surface area contributed by atoms with Crippen molar-refractivity contribution in [2.75, 3.05) is 7.11 Å². The second-order valence-electron chi connectivity index (χ2n) is 4.36. The Hall–Kier alpha value is -0.890. The van der Waals surface area contributed by atoms with Crippen LogP contribution in [-0.4, -0.2) is 27.7 Å². The van der Waals surface area contributed by atoms with Gasteiger partial charge in [-0.25, -0.2) is 13.1 Å². The highest BCUT2D eigenvalue weighted by molar-refractivity contribution is 7.89. The third-order valence-electron chi connectivity index (χ3n) is 3.16. The monoisotopic (exact) mass is 274 g/mol. The first-order chi connectivity index (χ1) is 8.56. The molecule has 0 bridgehead atoms. The molecule has 1 aromatic heterocycles. The summed E-state index contributed by atoms with van der Waals surface area (Å²) in [5.74, 6) is 0.449. The van der Waals surface area contributed by atoms with Gasteiger partial charge in [0.1, 0.15) is 5.76 Å². The molecule has 2 atom stereocenters. The second kappa shape index (κ2) is 5.40. The summed E-state index contributed by atoms with van der Waals surface area (Å²) in [5, 5.41) is -0.0929. The molecule has 7 heteroatoms. The van der Waals surface area contributed by atoms with Gasteiger partial charge in [0.15, 0.2) is 0 Å². The number of rotatable bonds is 5. The second-order valence-corrected chi connectivity index (χ2v) is 6.00. The van der Waals surface area contributed by atoms with Gasteiger partial charge in [-0.1, -0.05) is 0 Å². The molecular formula is C11H18N2O4S. The molecule has 1 fully saturated rings. The predicted octanol–water partition coefficient (Wildman–Crippen LogP) is 0.584. The van der Waals surface area contributed by atoms with E-state index in [0.717, 1.165) is 19.3 Å². The fourth-order valence-electron chi connectivity index (χ4n) is 2.21. The summed E-state index contributed by atoms with van der Waals surface area (Å²) < 4.78 is 37.2. The van der Waals surface area contributed by atoms with Crippen molar-refractivity contribution >= 4 is 10.0 Å². The van der Waals surface area contributed by atoms with Crippen LogP contribution in [0.5, 0.6) is 0 Å². The Morgan fingerprint density at radius 1 is 1.50 bits per heavy atom. The summed E-state index contributed by atoms with van der Waals surface area (Å²) in [7, 11) is -2.03. The number of methoxy groups -OCH3 is 1. The molecule has 1 aromatic rings. The molecule has 0 spiro atoms. The van der Waals surface area contributed by atoms with Gasteiger partial charge >= 0.3 is 0 Å².